The Balaban J connectivity index is 1.80. The van der Waals surface area contributed by atoms with Crippen LogP contribution >= 0.6 is 0 Å². The quantitative estimate of drug-likeness (QED) is 0.934. The lowest BCUT2D eigenvalue weighted by Crippen LogP contribution is -2.33. The molecule has 1 aliphatic heterocycles. The highest BCUT2D eigenvalue weighted by atomic mass is 32.2. The van der Waals surface area contributed by atoms with Gasteiger partial charge in [-0.3, -0.25) is 0 Å². The lowest BCUT2D eigenvalue weighted by Gasteiger charge is -2.32. The van der Waals surface area contributed by atoms with Crippen LogP contribution in [-0.2, 0) is 16.6 Å². The van der Waals surface area contributed by atoms with Crippen LogP contribution in [-0.4, -0.2) is 39.9 Å². The maximum absolute atomic E-state index is 12.1. The zero-order valence-electron chi connectivity index (χ0n) is 13.4. The van der Waals surface area contributed by atoms with Crippen molar-refractivity contribution in [2.75, 3.05) is 37.4 Å². The number of fused-ring (bicyclic) bond motifs is 1. The van der Waals surface area contributed by atoms with E-state index in [1.54, 1.807) is 26.2 Å². The summed E-state index contributed by atoms with van der Waals surface area (Å²) in [7, 11) is -0.281. The molecule has 0 atom stereocenters. The number of rotatable bonds is 4. The number of para-hydroxylation sites is 2. The Morgan fingerprint density at radius 3 is 2.48 bits per heavy atom. The first-order valence-corrected chi connectivity index (χ1v) is 9.02. The van der Waals surface area contributed by atoms with Gasteiger partial charge in [-0.15, -0.1) is 0 Å². The molecular formula is C17H21N3O2S. The van der Waals surface area contributed by atoms with E-state index in [0.717, 1.165) is 30.9 Å². The Kier molecular flexibility index (Phi) is 4.28. The second kappa shape index (κ2) is 6.22. The first-order chi connectivity index (χ1) is 11.0. The second-order valence-electron chi connectivity index (χ2n) is 5.80. The molecular weight excluding hydrogens is 310 g/mol. The Hall–Kier alpha value is -2.05. The Labute approximate surface area is 137 Å². The highest BCUT2D eigenvalue weighted by Gasteiger charge is 2.18. The Morgan fingerprint density at radius 1 is 1.09 bits per heavy atom. The molecule has 0 aliphatic carbocycles. The molecule has 0 radical (unpaired) electrons. The third kappa shape index (κ3) is 3.18. The van der Waals surface area contributed by atoms with Crippen LogP contribution in [0.4, 0.5) is 11.4 Å². The van der Waals surface area contributed by atoms with Crippen LogP contribution in [0.15, 0.2) is 53.4 Å². The van der Waals surface area contributed by atoms with E-state index in [2.05, 4.69) is 22.3 Å². The molecule has 1 heterocycles. The van der Waals surface area contributed by atoms with Gasteiger partial charge < -0.3 is 10.2 Å². The molecule has 0 aromatic heterocycles. The summed E-state index contributed by atoms with van der Waals surface area (Å²) in [5, 5.41) is 3.39. The average molecular weight is 331 g/mol. The monoisotopic (exact) mass is 331 g/mol. The van der Waals surface area contributed by atoms with Gasteiger partial charge in [-0.25, -0.2) is 12.7 Å². The van der Waals surface area contributed by atoms with Crippen molar-refractivity contribution in [2.24, 2.45) is 0 Å². The molecule has 0 unspecified atom stereocenters. The first kappa shape index (κ1) is 15.8. The first-order valence-electron chi connectivity index (χ1n) is 7.58. The van der Waals surface area contributed by atoms with E-state index in [1.165, 1.54) is 9.99 Å². The molecule has 3 rings (SSSR count). The summed E-state index contributed by atoms with van der Waals surface area (Å²) in [5.74, 6) is 0. The van der Waals surface area contributed by atoms with Gasteiger partial charge in [0, 0.05) is 33.7 Å². The minimum absolute atomic E-state index is 0.326. The molecule has 2 aromatic rings. The Bertz CT molecular complexity index is 786. The van der Waals surface area contributed by atoms with Gasteiger partial charge in [0.2, 0.25) is 10.0 Å². The molecule has 1 N–H and O–H groups in total. The topological polar surface area (TPSA) is 52.7 Å². The number of hydrogen-bond donors (Lipinski definition) is 1. The van der Waals surface area contributed by atoms with Crippen molar-refractivity contribution >= 4 is 21.4 Å². The third-order valence-corrected chi connectivity index (χ3v) is 5.85. The standard InChI is InChI=1S/C17H21N3O2S/c1-19(2)23(21,22)15-9-7-14(8-10-15)13-20-12-11-18-16-5-3-4-6-17(16)20/h3-10,18H,11-13H2,1-2H3. The molecule has 0 saturated carbocycles. The number of anilines is 2. The molecule has 0 bridgehead atoms. The van der Waals surface area contributed by atoms with E-state index >= 15 is 0 Å². The van der Waals surface area contributed by atoms with Crippen LogP contribution in [0.5, 0.6) is 0 Å². The number of nitrogens with zero attached hydrogens (tertiary/aromatic N) is 2. The molecule has 2 aromatic carbocycles. The van der Waals surface area contributed by atoms with Gasteiger partial charge in [0.15, 0.2) is 0 Å². The maximum atomic E-state index is 12.1. The van der Waals surface area contributed by atoms with E-state index in [4.69, 9.17) is 0 Å². The normalized spacial score (nSPS) is 14.5. The summed E-state index contributed by atoms with van der Waals surface area (Å²) in [6.45, 7) is 2.60. The lowest BCUT2D eigenvalue weighted by atomic mass is 10.1. The SMILES string of the molecule is CN(C)S(=O)(=O)c1ccc(CN2CCNc3ccccc32)cc1. The second-order valence-corrected chi connectivity index (χ2v) is 7.95. The van der Waals surface area contributed by atoms with Crippen LogP contribution in [0, 0.1) is 0 Å². The number of nitrogens with one attached hydrogen (secondary N) is 1. The van der Waals surface area contributed by atoms with Gasteiger partial charge >= 0.3 is 0 Å². The van der Waals surface area contributed by atoms with E-state index in [9.17, 15) is 8.42 Å². The van der Waals surface area contributed by atoms with E-state index in [0.29, 0.717) is 4.90 Å². The molecule has 122 valence electrons. The predicted molar refractivity (Wildman–Crippen MR) is 93.3 cm³/mol. The van der Waals surface area contributed by atoms with Gasteiger partial charge in [0.25, 0.3) is 0 Å². The van der Waals surface area contributed by atoms with Crippen molar-refractivity contribution in [3.8, 4) is 0 Å². The van der Waals surface area contributed by atoms with Gasteiger partial charge in [-0.1, -0.05) is 24.3 Å². The van der Waals surface area contributed by atoms with Crippen LogP contribution in [0.3, 0.4) is 0 Å². The van der Waals surface area contributed by atoms with Gasteiger partial charge in [-0.2, -0.15) is 0 Å². The largest absolute Gasteiger partial charge is 0.382 e. The summed E-state index contributed by atoms with van der Waals surface area (Å²) in [5.41, 5.74) is 3.42. The van der Waals surface area contributed by atoms with Crippen molar-refractivity contribution in [2.45, 2.75) is 11.4 Å². The highest BCUT2D eigenvalue weighted by Crippen LogP contribution is 2.29. The molecule has 23 heavy (non-hydrogen) atoms. The third-order valence-electron chi connectivity index (χ3n) is 4.02. The van der Waals surface area contributed by atoms with E-state index < -0.39 is 10.0 Å². The van der Waals surface area contributed by atoms with E-state index in [-0.39, 0.29) is 0 Å². The number of hydrogen-bond acceptors (Lipinski definition) is 4. The zero-order valence-corrected chi connectivity index (χ0v) is 14.2. The van der Waals surface area contributed by atoms with Gasteiger partial charge in [0.05, 0.1) is 16.3 Å². The fourth-order valence-corrected chi connectivity index (χ4v) is 3.61. The van der Waals surface area contributed by atoms with Crippen molar-refractivity contribution in [1.82, 2.24) is 4.31 Å². The summed E-state index contributed by atoms with van der Waals surface area (Å²) in [4.78, 5) is 2.63. The zero-order chi connectivity index (χ0) is 16.4. The van der Waals surface area contributed by atoms with Crippen molar-refractivity contribution in [3.63, 3.8) is 0 Å². The molecule has 5 nitrogen and oxygen atoms in total. The highest BCUT2D eigenvalue weighted by molar-refractivity contribution is 7.89. The fraction of sp³-hybridized carbons (Fsp3) is 0.294. The molecule has 0 saturated heterocycles. The van der Waals surface area contributed by atoms with Crippen LogP contribution < -0.4 is 10.2 Å². The summed E-state index contributed by atoms with van der Waals surface area (Å²) in [6, 6.07) is 15.4. The molecule has 0 fully saturated rings. The lowest BCUT2D eigenvalue weighted by molar-refractivity contribution is 0.520. The number of sulfonamides is 1. The van der Waals surface area contributed by atoms with Crippen molar-refractivity contribution < 1.29 is 8.42 Å². The van der Waals surface area contributed by atoms with Gasteiger partial charge in [-0.05, 0) is 29.8 Å². The fourth-order valence-electron chi connectivity index (χ4n) is 2.71. The van der Waals surface area contributed by atoms with Crippen LogP contribution in [0.1, 0.15) is 5.56 Å². The molecule has 0 spiro atoms. The van der Waals surface area contributed by atoms with Crippen molar-refractivity contribution in [1.29, 1.82) is 0 Å². The van der Waals surface area contributed by atoms with Crippen molar-refractivity contribution in [3.05, 3.63) is 54.1 Å². The minimum Gasteiger partial charge on any atom is -0.382 e. The number of benzene rings is 2. The summed E-state index contributed by atoms with van der Waals surface area (Å²) in [6.07, 6.45) is 0. The predicted octanol–water partition coefficient (Wildman–Crippen LogP) is 2.37. The average Bonchev–Trinajstić information content (AvgIpc) is 2.55. The molecule has 6 heteroatoms. The smallest absolute Gasteiger partial charge is 0.242 e. The van der Waals surface area contributed by atoms with Gasteiger partial charge in [0.1, 0.15) is 0 Å². The molecule has 0 amide bonds. The van der Waals surface area contributed by atoms with Crippen LogP contribution in [0.2, 0.25) is 0 Å². The Morgan fingerprint density at radius 2 is 1.78 bits per heavy atom. The minimum atomic E-state index is -3.37. The maximum Gasteiger partial charge on any atom is 0.242 e. The summed E-state index contributed by atoms with van der Waals surface area (Å²) < 4.78 is 25.4. The van der Waals surface area contributed by atoms with Crippen LogP contribution in [0.25, 0.3) is 0 Å². The molecule has 1 aliphatic rings. The summed E-state index contributed by atoms with van der Waals surface area (Å²) >= 11 is 0. The van der Waals surface area contributed by atoms with E-state index in [1.807, 2.05) is 24.3 Å².